The molecule has 0 unspecified atom stereocenters. The summed E-state index contributed by atoms with van der Waals surface area (Å²) in [5, 5.41) is 0. The van der Waals surface area contributed by atoms with Crippen molar-refractivity contribution in [2.45, 2.75) is 27.2 Å². The maximum absolute atomic E-state index is 4.31. The highest BCUT2D eigenvalue weighted by Crippen LogP contribution is 2.16. The van der Waals surface area contributed by atoms with Crippen molar-refractivity contribution < 1.29 is 0 Å². The minimum Gasteiger partial charge on any atom is -0.299 e. The van der Waals surface area contributed by atoms with Gasteiger partial charge in [-0.2, -0.15) is 0 Å². The van der Waals surface area contributed by atoms with E-state index in [9.17, 15) is 0 Å². The van der Waals surface area contributed by atoms with Crippen LogP contribution in [-0.2, 0) is 0 Å². The maximum Gasteiger partial charge on any atom is 0.0311 e. The second-order valence-corrected chi connectivity index (χ2v) is 4.61. The molecule has 0 aromatic carbocycles. The second-order valence-electron chi connectivity index (χ2n) is 4.61. The summed E-state index contributed by atoms with van der Waals surface area (Å²) in [6, 6.07) is 0. The van der Waals surface area contributed by atoms with E-state index >= 15 is 0 Å². The highest BCUT2D eigenvalue weighted by atomic mass is 15.1. The van der Waals surface area contributed by atoms with Crippen molar-refractivity contribution >= 4 is 5.71 Å². The smallest absolute Gasteiger partial charge is 0.0311 e. The lowest BCUT2D eigenvalue weighted by molar-refractivity contribution is 0.358. The molecule has 0 saturated carbocycles. The Kier molecular flexibility index (Phi) is 4.76. The highest BCUT2D eigenvalue weighted by Gasteiger charge is 2.18. The van der Waals surface area contributed by atoms with E-state index in [1.807, 2.05) is 26.1 Å². The van der Waals surface area contributed by atoms with Crippen LogP contribution in [0.5, 0.6) is 0 Å². The Morgan fingerprint density at radius 1 is 1.53 bits per heavy atom. The quantitative estimate of drug-likeness (QED) is 0.510. The molecular weight excluding hydrogens is 184 g/mol. The molecule has 0 radical (unpaired) electrons. The third kappa shape index (κ3) is 4.43. The molecule has 0 spiro atoms. The molecule has 1 rings (SSSR count). The van der Waals surface area contributed by atoms with Crippen molar-refractivity contribution in [3.63, 3.8) is 0 Å². The lowest BCUT2D eigenvalue weighted by atomic mass is 10.2. The van der Waals surface area contributed by atoms with Gasteiger partial charge in [-0.25, -0.2) is 0 Å². The van der Waals surface area contributed by atoms with Crippen LogP contribution in [0.15, 0.2) is 29.4 Å². The molecule has 0 N–H and O–H groups in total. The number of hydrogen-bond acceptors (Lipinski definition) is 2. The van der Waals surface area contributed by atoms with Crippen molar-refractivity contribution in [2.75, 3.05) is 19.6 Å². The summed E-state index contributed by atoms with van der Waals surface area (Å²) in [5.41, 5.74) is 2.30. The zero-order valence-electron chi connectivity index (χ0n) is 10.2. The first-order chi connectivity index (χ1) is 7.11. The first-order valence-electron chi connectivity index (χ1n) is 5.66. The van der Waals surface area contributed by atoms with E-state index in [4.69, 9.17) is 0 Å². The Morgan fingerprint density at radius 3 is 2.73 bits per heavy atom. The van der Waals surface area contributed by atoms with Crippen molar-refractivity contribution in [3.05, 3.63) is 24.4 Å². The lowest BCUT2D eigenvalue weighted by Gasteiger charge is -2.15. The van der Waals surface area contributed by atoms with E-state index in [2.05, 4.69) is 23.4 Å². The van der Waals surface area contributed by atoms with Gasteiger partial charge in [-0.15, -0.1) is 0 Å². The van der Waals surface area contributed by atoms with Gasteiger partial charge in [-0.1, -0.05) is 19.6 Å². The summed E-state index contributed by atoms with van der Waals surface area (Å²) in [7, 11) is 0. The van der Waals surface area contributed by atoms with Crippen LogP contribution >= 0.6 is 0 Å². The third-order valence-electron chi connectivity index (χ3n) is 2.66. The average molecular weight is 206 g/mol. The summed E-state index contributed by atoms with van der Waals surface area (Å²) in [5.74, 6) is 0.840. The van der Waals surface area contributed by atoms with E-state index < -0.39 is 0 Å². The summed E-state index contributed by atoms with van der Waals surface area (Å²) >= 11 is 0. The van der Waals surface area contributed by atoms with E-state index in [0.717, 1.165) is 18.2 Å². The van der Waals surface area contributed by atoms with Gasteiger partial charge in [0.15, 0.2) is 0 Å². The van der Waals surface area contributed by atoms with Crippen molar-refractivity contribution in [2.24, 2.45) is 10.9 Å². The largest absolute Gasteiger partial charge is 0.299 e. The van der Waals surface area contributed by atoms with E-state index in [0.29, 0.717) is 0 Å². The Labute approximate surface area is 93.4 Å². The fraction of sp³-hybridized carbons (Fsp3) is 0.615. The van der Waals surface area contributed by atoms with Gasteiger partial charge < -0.3 is 0 Å². The molecule has 1 aliphatic heterocycles. The number of rotatable bonds is 4. The van der Waals surface area contributed by atoms with Gasteiger partial charge in [-0.3, -0.25) is 9.89 Å². The maximum atomic E-state index is 4.31. The third-order valence-corrected chi connectivity index (χ3v) is 2.66. The van der Waals surface area contributed by atoms with Crippen LogP contribution < -0.4 is 0 Å². The number of aliphatic imine (C=N–C) groups is 1. The molecule has 1 heterocycles. The van der Waals surface area contributed by atoms with Gasteiger partial charge in [0.05, 0.1) is 0 Å². The van der Waals surface area contributed by atoms with Crippen LogP contribution in [0.1, 0.15) is 27.2 Å². The van der Waals surface area contributed by atoms with E-state index in [1.54, 1.807) is 0 Å². The van der Waals surface area contributed by atoms with Gasteiger partial charge in [0.25, 0.3) is 0 Å². The molecule has 15 heavy (non-hydrogen) atoms. The summed E-state index contributed by atoms with van der Waals surface area (Å²) in [4.78, 5) is 6.78. The normalized spacial score (nSPS) is 22.9. The molecule has 0 amide bonds. The van der Waals surface area contributed by atoms with Crippen molar-refractivity contribution in [1.82, 2.24) is 4.90 Å². The molecule has 0 aromatic heterocycles. The molecule has 0 aromatic rings. The fourth-order valence-corrected chi connectivity index (χ4v) is 1.80. The van der Waals surface area contributed by atoms with Crippen LogP contribution in [0, 0.1) is 5.92 Å². The van der Waals surface area contributed by atoms with Crippen molar-refractivity contribution in [3.8, 4) is 0 Å². The van der Waals surface area contributed by atoms with Crippen molar-refractivity contribution in [1.29, 1.82) is 0 Å². The second kappa shape index (κ2) is 5.86. The monoisotopic (exact) mass is 206 g/mol. The average Bonchev–Trinajstić information content (AvgIpc) is 2.58. The van der Waals surface area contributed by atoms with E-state index in [1.165, 1.54) is 25.1 Å². The summed E-state index contributed by atoms with van der Waals surface area (Å²) in [6.07, 6.45) is 5.17. The predicted molar refractivity (Wildman–Crippen MR) is 67.3 cm³/mol. The first-order valence-corrected chi connectivity index (χ1v) is 5.66. The Balaban J connectivity index is 2.50. The van der Waals surface area contributed by atoms with Crippen LogP contribution in [0.3, 0.4) is 0 Å². The van der Waals surface area contributed by atoms with Crippen LogP contribution in [-0.4, -0.2) is 30.2 Å². The molecule has 0 bridgehead atoms. The van der Waals surface area contributed by atoms with Gasteiger partial charge in [-0.05, 0) is 38.3 Å². The van der Waals surface area contributed by atoms with Crippen LogP contribution in [0.2, 0.25) is 0 Å². The molecule has 1 aliphatic rings. The van der Waals surface area contributed by atoms with Crippen LogP contribution in [0.25, 0.3) is 0 Å². The number of hydrogen-bond donors (Lipinski definition) is 0. The zero-order chi connectivity index (χ0) is 11.3. The molecule has 84 valence electrons. The number of likely N-dealkylation sites (tertiary alicyclic amines) is 1. The molecule has 2 heteroatoms. The van der Waals surface area contributed by atoms with E-state index in [-0.39, 0.29) is 0 Å². The highest BCUT2D eigenvalue weighted by molar-refractivity contribution is 5.79. The standard InChI is InChI=1S/C13H22N2/c1-5-13(8-14-11(2)3)10-15-7-6-12(4)9-15/h5,8,12H,1,6-7,9-10H2,2-4H3/b13-8+/t12-/m0/s1. The Morgan fingerprint density at radius 2 is 2.27 bits per heavy atom. The zero-order valence-corrected chi connectivity index (χ0v) is 10.2. The topological polar surface area (TPSA) is 15.6 Å². The summed E-state index contributed by atoms with van der Waals surface area (Å²) < 4.78 is 0. The Bertz CT molecular complexity index is 272. The van der Waals surface area contributed by atoms with Gasteiger partial charge >= 0.3 is 0 Å². The Hall–Kier alpha value is -0.890. The summed E-state index contributed by atoms with van der Waals surface area (Å²) in [6.45, 7) is 13.6. The molecule has 1 fully saturated rings. The van der Waals surface area contributed by atoms with Gasteiger partial charge in [0, 0.05) is 25.0 Å². The minimum absolute atomic E-state index is 0.840. The molecule has 1 atom stereocenters. The first kappa shape index (κ1) is 12.2. The fourth-order valence-electron chi connectivity index (χ4n) is 1.80. The predicted octanol–water partition coefficient (Wildman–Crippen LogP) is 2.88. The lowest BCUT2D eigenvalue weighted by Crippen LogP contribution is -2.22. The molecular formula is C13H22N2. The van der Waals surface area contributed by atoms with Gasteiger partial charge in [0.2, 0.25) is 0 Å². The SMILES string of the molecule is C=C/C(=C\N=C(C)C)CN1CC[C@H](C)C1. The van der Waals surface area contributed by atoms with Gasteiger partial charge in [0.1, 0.15) is 0 Å². The number of nitrogens with zero attached hydrogens (tertiary/aromatic N) is 2. The minimum atomic E-state index is 0.840. The molecule has 2 nitrogen and oxygen atoms in total. The molecule has 1 saturated heterocycles. The molecule has 0 aliphatic carbocycles. The van der Waals surface area contributed by atoms with Crippen LogP contribution in [0.4, 0.5) is 0 Å².